The van der Waals surface area contributed by atoms with Gasteiger partial charge in [0.1, 0.15) is 16.6 Å². The Balaban J connectivity index is 2.22. The molecule has 3 N–H and O–H groups in total. The summed E-state index contributed by atoms with van der Waals surface area (Å²) in [6.07, 6.45) is 0.995. The molecule has 0 unspecified atom stereocenters. The maximum Gasteiger partial charge on any atom is 0.135 e. The first-order valence-electron chi connectivity index (χ1n) is 6.17. The number of nitrogens with zero attached hydrogens (tertiary/aromatic N) is 1. The number of benzene rings is 1. The maximum atomic E-state index is 7.49. The average molecular weight is 275 g/mol. The summed E-state index contributed by atoms with van der Waals surface area (Å²) in [6.45, 7) is 4.68. The summed E-state index contributed by atoms with van der Waals surface area (Å²) in [5.74, 6) is 0.940. The third-order valence-corrected chi connectivity index (χ3v) is 3.86. The van der Waals surface area contributed by atoms with E-state index in [4.69, 9.17) is 15.9 Å². The minimum atomic E-state index is 0.0733. The number of aryl methyl sites for hydroxylation is 1. The van der Waals surface area contributed by atoms with Crippen LogP contribution in [0.2, 0.25) is 0 Å². The number of ether oxygens (including phenoxy) is 1. The van der Waals surface area contributed by atoms with E-state index in [0.717, 1.165) is 39.9 Å². The molecule has 2 aromatic rings. The van der Waals surface area contributed by atoms with E-state index >= 15 is 0 Å². The van der Waals surface area contributed by atoms with Crippen LogP contribution < -0.4 is 10.5 Å². The smallest absolute Gasteiger partial charge is 0.135 e. The zero-order valence-electron chi connectivity index (χ0n) is 11.1. The highest BCUT2D eigenvalue weighted by Gasteiger charge is 2.11. The van der Waals surface area contributed by atoms with Crippen LogP contribution in [0.5, 0.6) is 5.75 Å². The van der Waals surface area contributed by atoms with Crippen molar-refractivity contribution in [2.24, 2.45) is 5.73 Å². The SMILES string of the molecule is CCCOc1ccc(-c2nc(C)c(C(=N)N)s2)cc1. The minimum Gasteiger partial charge on any atom is -0.494 e. The first-order valence-corrected chi connectivity index (χ1v) is 6.98. The molecule has 0 saturated carbocycles. The van der Waals surface area contributed by atoms with Crippen molar-refractivity contribution in [2.75, 3.05) is 6.61 Å². The standard InChI is InChI=1S/C14H17N3OS/c1-3-8-18-11-6-4-10(5-7-11)14-17-9(2)12(19-14)13(15)16/h4-7H,3,8H2,1-2H3,(H3,15,16). The van der Waals surface area contributed by atoms with Crippen LogP contribution in [0.25, 0.3) is 10.6 Å². The van der Waals surface area contributed by atoms with Crippen molar-refractivity contribution in [1.29, 1.82) is 5.41 Å². The Morgan fingerprint density at radius 3 is 2.58 bits per heavy atom. The van der Waals surface area contributed by atoms with Crippen LogP contribution in [0.15, 0.2) is 24.3 Å². The fourth-order valence-electron chi connectivity index (χ4n) is 1.68. The number of rotatable bonds is 5. The van der Waals surface area contributed by atoms with Crippen molar-refractivity contribution in [3.05, 3.63) is 34.8 Å². The van der Waals surface area contributed by atoms with Gasteiger partial charge in [0.05, 0.1) is 17.2 Å². The van der Waals surface area contributed by atoms with E-state index in [-0.39, 0.29) is 5.84 Å². The Morgan fingerprint density at radius 2 is 2.05 bits per heavy atom. The largest absolute Gasteiger partial charge is 0.494 e. The molecule has 0 bridgehead atoms. The third kappa shape index (κ3) is 3.12. The number of aromatic nitrogens is 1. The Morgan fingerprint density at radius 1 is 1.37 bits per heavy atom. The Labute approximate surface area is 116 Å². The molecule has 1 heterocycles. The number of nitrogens with two attached hydrogens (primary N) is 1. The second-order valence-corrected chi connectivity index (χ2v) is 5.22. The fourth-order valence-corrected chi connectivity index (χ4v) is 2.62. The van der Waals surface area contributed by atoms with Crippen LogP contribution in [0.4, 0.5) is 0 Å². The highest BCUT2D eigenvalue weighted by atomic mass is 32.1. The van der Waals surface area contributed by atoms with Gasteiger partial charge < -0.3 is 10.5 Å². The van der Waals surface area contributed by atoms with Gasteiger partial charge in [-0.2, -0.15) is 0 Å². The maximum absolute atomic E-state index is 7.49. The monoisotopic (exact) mass is 275 g/mol. The van der Waals surface area contributed by atoms with Crippen molar-refractivity contribution < 1.29 is 4.74 Å². The molecule has 100 valence electrons. The molecule has 19 heavy (non-hydrogen) atoms. The molecule has 0 amide bonds. The van der Waals surface area contributed by atoms with E-state index in [2.05, 4.69) is 11.9 Å². The van der Waals surface area contributed by atoms with Crippen LogP contribution in [0, 0.1) is 12.3 Å². The quantitative estimate of drug-likeness (QED) is 0.650. The predicted octanol–water partition coefficient (Wildman–Crippen LogP) is 3.19. The lowest BCUT2D eigenvalue weighted by Gasteiger charge is -2.04. The van der Waals surface area contributed by atoms with Crippen LogP contribution in [0.3, 0.4) is 0 Å². The summed E-state index contributed by atoms with van der Waals surface area (Å²) in [6, 6.07) is 7.84. The number of hydrogen-bond acceptors (Lipinski definition) is 4. The van der Waals surface area contributed by atoms with Gasteiger partial charge in [-0.1, -0.05) is 6.92 Å². The highest BCUT2D eigenvalue weighted by Crippen LogP contribution is 2.28. The molecule has 0 aliphatic rings. The van der Waals surface area contributed by atoms with Gasteiger partial charge in [-0.25, -0.2) is 4.98 Å². The molecular formula is C14H17N3OS. The number of hydrogen-bond donors (Lipinski definition) is 2. The third-order valence-electron chi connectivity index (χ3n) is 2.62. The second-order valence-electron chi connectivity index (χ2n) is 4.22. The number of amidine groups is 1. The highest BCUT2D eigenvalue weighted by molar-refractivity contribution is 7.17. The molecule has 0 atom stereocenters. The van der Waals surface area contributed by atoms with Crippen LogP contribution in [-0.2, 0) is 0 Å². The Kier molecular flexibility index (Phi) is 4.16. The molecule has 0 fully saturated rings. The van der Waals surface area contributed by atoms with Crippen molar-refractivity contribution in [3.8, 4) is 16.3 Å². The molecule has 0 radical (unpaired) electrons. The summed E-state index contributed by atoms with van der Waals surface area (Å²) in [4.78, 5) is 5.19. The fraction of sp³-hybridized carbons (Fsp3) is 0.286. The van der Waals surface area contributed by atoms with E-state index in [1.807, 2.05) is 31.2 Å². The summed E-state index contributed by atoms with van der Waals surface area (Å²) in [5.41, 5.74) is 7.34. The molecular weight excluding hydrogens is 258 g/mol. The lowest BCUT2D eigenvalue weighted by atomic mass is 10.2. The molecule has 2 rings (SSSR count). The van der Waals surface area contributed by atoms with E-state index < -0.39 is 0 Å². The molecule has 5 heteroatoms. The summed E-state index contributed by atoms with van der Waals surface area (Å²) >= 11 is 1.44. The van der Waals surface area contributed by atoms with Gasteiger partial charge in [0, 0.05) is 5.56 Å². The van der Waals surface area contributed by atoms with Gasteiger partial charge in [-0.05, 0) is 37.6 Å². The van der Waals surface area contributed by atoms with Crippen molar-refractivity contribution in [2.45, 2.75) is 20.3 Å². The molecule has 0 aliphatic carbocycles. The van der Waals surface area contributed by atoms with Gasteiger partial charge in [0.2, 0.25) is 0 Å². The van der Waals surface area contributed by atoms with Gasteiger partial charge in [-0.15, -0.1) is 11.3 Å². The van der Waals surface area contributed by atoms with Crippen molar-refractivity contribution in [1.82, 2.24) is 4.98 Å². The number of thiazole rings is 1. The lowest BCUT2D eigenvalue weighted by molar-refractivity contribution is 0.317. The minimum absolute atomic E-state index is 0.0733. The van der Waals surface area contributed by atoms with E-state index in [1.54, 1.807) is 0 Å². The zero-order valence-corrected chi connectivity index (χ0v) is 11.9. The van der Waals surface area contributed by atoms with Gasteiger partial charge >= 0.3 is 0 Å². The van der Waals surface area contributed by atoms with Gasteiger partial charge in [0.15, 0.2) is 0 Å². The lowest BCUT2D eigenvalue weighted by Crippen LogP contribution is -2.10. The Bertz CT molecular complexity index is 575. The number of nitrogen functional groups attached to an aromatic ring is 1. The van der Waals surface area contributed by atoms with Crippen LogP contribution in [0.1, 0.15) is 23.9 Å². The summed E-state index contributed by atoms with van der Waals surface area (Å²) < 4.78 is 5.54. The zero-order chi connectivity index (χ0) is 13.8. The normalized spacial score (nSPS) is 10.4. The molecule has 1 aromatic heterocycles. The van der Waals surface area contributed by atoms with Crippen molar-refractivity contribution >= 4 is 17.2 Å². The molecule has 1 aromatic carbocycles. The summed E-state index contributed by atoms with van der Waals surface area (Å²) in [7, 11) is 0. The van der Waals surface area contributed by atoms with Gasteiger partial charge in [0.25, 0.3) is 0 Å². The van der Waals surface area contributed by atoms with Crippen molar-refractivity contribution in [3.63, 3.8) is 0 Å². The predicted molar refractivity (Wildman–Crippen MR) is 79.1 cm³/mol. The van der Waals surface area contributed by atoms with Crippen LogP contribution >= 0.6 is 11.3 Å². The van der Waals surface area contributed by atoms with E-state index in [0.29, 0.717) is 0 Å². The first-order chi connectivity index (χ1) is 9.11. The topological polar surface area (TPSA) is 72.0 Å². The second kappa shape index (κ2) is 5.84. The van der Waals surface area contributed by atoms with Crippen LogP contribution in [-0.4, -0.2) is 17.4 Å². The molecule has 0 spiro atoms. The first kappa shape index (κ1) is 13.5. The van der Waals surface area contributed by atoms with E-state index in [9.17, 15) is 0 Å². The van der Waals surface area contributed by atoms with E-state index in [1.165, 1.54) is 11.3 Å². The molecule has 0 saturated heterocycles. The number of nitrogens with one attached hydrogen (secondary N) is 1. The molecule has 0 aliphatic heterocycles. The average Bonchev–Trinajstić information content (AvgIpc) is 2.79. The summed E-state index contributed by atoms with van der Waals surface area (Å²) in [5, 5.41) is 8.37. The van der Waals surface area contributed by atoms with Gasteiger partial charge in [-0.3, -0.25) is 5.41 Å². The molecule has 4 nitrogen and oxygen atoms in total. The Hall–Kier alpha value is -1.88.